The Morgan fingerprint density at radius 2 is 1.72 bits per heavy atom. The Morgan fingerprint density at radius 3 is 2.44 bits per heavy atom. The molecule has 2 amide bonds. The molecule has 2 aromatic carbocycles. The van der Waals surface area contributed by atoms with Gasteiger partial charge < -0.3 is 10.2 Å². The fourth-order valence-electron chi connectivity index (χ4n) is 3.18. The largest absolute Gasteiger partial charge is 0.340 e. The Bertz CT molecular complexity index is 842. The van der Waals surface area contributed by atoms with Crippen molar-refractivity contribution >= 4 is 17.5 Å². The van der Waals surface area contributed by atoms with Gasteiger partial charge in [0.1, 0.15) is 6.04 Å². The summed E-state index contributed by atoms with van der Waals surface area (Å²) in [6.07, 6.45) is 0.627. The van der Waals surface area contributed by atoms with Gasteiger partial charge in [0.15, 0.2) is 0 Å². The third-order valence-corrected chi connectivity index (χ3v) is 4.95. The zero-order valence-electron chi connectivity index (χ0n) is 15.2. The number of benzene rings is 2. The van der Waals surface area contributed by atoms with Crippen molar-refractivity contribution in [1.82, 2.24) is 5.32 Å². The van der Waals surface area contributed by atoms with Crippen molar-refractivity contribution in [1.29, 1.82) is 0 Å². The van der Waals surface area contributed by atoms with E-state index in [-0.39, 0.29) is 11.8 Å². The van der Waals surface area contributed by atoms with Gasteiger partial charge in [0.25, 0.3) is 5.91 Å². The smallest absolute Gasteiger partial charge is 0.252 e. The van der Waals surface area contributed by atoms with Gasteiger partial charge in [-0.2, -0.15) is 0 Å². The Hall–Kier alpha value is -2.62. The highest BCUT2D eigenvalue weighted by Gasteiger charge is 2.34. The third-order valence-electron chi connectivity index (χ3n) is 4.95. The van der Waals surface area contributed by atoms with Crippen LogP contribution < -0.4 is 10.2 Å². The SMILES string of the molecule is Cc1ccc(C)c(C(=O)NC2CCN(c3ccc(C)c(C)c3)C2=O)c1. The molecule has 1 aliphatic heterocycles. The zero-order valence-corrected chi connectivity index (χ0v) is 15.2. The summed E-state index contributed by atoms with van der Waals surface area (Å²) in [4.78, 5) is 27.1. The van der Waals surface area contributed by atoms with E-state index in [4.69, 9.17) is 0 Å². The molecule has 0 saturated carbocycles. The summed E-state index contributed by atoms with van der Waals surface area (Å²) in [5, 5.41) is 2.91. The van der Waals surface area contributed by atoms with Gasteiger partial charge >= 0.3 is 0 Å². The van der Waals surface area contributed by atoms with Crippen molar-refractivity contribution in [2.75, 3.05) is 11.4 Å². The van der Waals surface area contributed by atoms with Crippen LogP contribution in [-0.4, -0.2) is 24.4 Å². The van der Waals surface area contributed by atoms with Crippen LogP contribution >= 0.6 is 0 Å². The monoisotopic (exact) mass is 336 g/mol. The molecule has 25 heavy (non-hydrogen) atoms. The first-order valence-corrected chi connectivity index (χ1v) is 8.63. The molecule has 1 fully saturated rings. The van der Waals surface area contributed by atoms with Gasteiger partial charge in [-0.25, -0.2) is 0 Å². The Kier molecular flexibility index (Phi) is 4.62. The molecule has 0 bridgehead atoms. The molecule has 3 rings (SSSR count). The second-order valence-corrected chi connectivity index (χ2v) is 6.89. The fourth-order valence-corrected chi connectivity index (χ4v) is 3.18. The summed E-state index contributed by atoms with van der Waals surface area (Å²) in [5.74, 6) is -0.219. The number of amides is 2. The van der Waals surface area contributed by atoms with E-state index < -0.39 is 6.04 Å². The van der Waals surface area contributed by atoms with Gasteiger partial charge in [0.05, 0.1) is 0 Å². The Morgan fingerprint density at radius 1 is 1.00 bits per heavy atom. The number of hydrogen-bond acceptors (Lipinski definition) is 2. The molecule has 0 spiro atoms. The summed E-state index contributed by atoms with van der Waals surface area (Å²) in [6, 6.07) is 11.3. The number of carbonyl (C=O) groups is 2. The van der Waals surface area contributed by atoms with Gasteiger partial charge in [-0.05, 0) is 69.0 Å². The van der Waals surface area contributed by atoms with Crippen molar-refractivity contribution in [3.8, 4) is 0 Å². The maximum Gasteiger partial charge on any atom is 0.252 e. The Labute approximate surface area is 148 Å². The van der Waals surface area contributed by atoms with Gasteiger partial charge in [-0.3, -0.25) is 9.59 Å². The van der Waals surface area contributed by atoms with E-state index in [1.807, 2.05) is 57.2 Å². The van der Waals surface area contributed by atoms with E-state index in [1.165, 1.54) is 5.56 Å². The quantitative estimate of drug-likeness (QED) is 0.933. The van der Waals surface area contributed by atoms with Gasteiger partial charge in [0.2, 0.25) is 5.91 Å². The molecular formula is C21H24N2O2. The highest BCUT2D eigenvalue weighted by atomic mass is 16.2. The minimum absolute atomic E-state index is 0.0399. The van der Waals surface area contributed by atoms with Crippen LogP contribution in [0.3, 0.4) is 0 Å². The number of rotatable bonds is 3. The first kappa shape index (κ1) is 17.2. The highest BCUT2D eigenvalue weighted by molar-refractivity contribution is 6.04. The Balaban J connectivity index is 1.74. The molecule has 2 aromatic rings. The molecule has 1 heterocycles. The summed E-state index contributed by atoms with van der Waals surface area (Å²) >= 11 is 0. The lowest BCUT2D eigenvalue weighted by atomic mass is 10.0. The van der Waals surface area contributed by atoms with Crippen molar-refractivity contribution in [2.24, 2.45) is 0 Å². The van der Waals surface area contributed by atoms with Crippen LogP contribution in [0.5, 0.6) is 0 Å². The average molecular weight is 336 g/mol. The minimum atomic E-state index is -0.464. The molecule has 0 aliphatic carbocycles. The van der Waals surface area contributed by atoms with Gasteiger partial charge in [0, 0.05) is 17.8 Å². The third kappa shape index (κ3) is 3.43. The lowest BCUT2D eigenvalue weighted by Gasteiger charge is -2.18. The molecule has 4 nitrogen and oxygen atoms in total. The number of anilines is 1. The van der Waals surface area contributed by atoms with Crippen molar-refractivity contribution in [3.05, 3.63) is 64.2 Å². The summed E-state index contributed by atoms with van der Waals surface area (Å²) < 4.78 is 0. The normalized spacial score (nSPS) is 17.0. The van der Waals surface area contributed by atoms with E-state index in [1.54, 1.807) is 4.90 Å². The summed E-state index contributed by atoms with van der Waals surface area (Å²) in [7, 11) is 0. The lowest BCUT2D eigenvalue weighted by molar-refractivity contribution is -0.118. The first-order chi connectivity index (χ1) is 11.9. The molecule has 1 unspecified atom stereocenters. The number of nitrogens with zero attached hydrogens (tertiary/aromatic N) is 1. The van der Waals surface area contributed by atoms with E-state index in [0.717, 1.165) is 22.4 Å². The molecule has 0 aromatic heterocycles. The second kappa shape index (κ2) is 6.71. The standard InChI is InChI=1S/C21H24N2O2/c1-13-5-6-15(3)18(11-13)20(24)22-19-9-10-23(21(19)25)17-8-7-14(2)16(4)12-17/h5-8,11-12,19H,9-10H2,1-4H3,(H,22,24). The maximum absolute atomic E-state index is 12.7. The van der Waals surface area contributed by atoms with Crippen LogP contribution in [0, 0.1) is 27.7 Å². The van der Waals surface area contributed by atoms with Crippen molar-refractivity contribution in [2.45, 2.75) is 40.2 Å². The lowest BCUT2D eigenvalue weighted by Crippen LogP contribution is -2.41. The molecule has 130 valence electrons. The van der Waals surface area contributed by atoms with Crippen molar-refractivity contribution in [3.63, 3.8) is 0 Å². The van der Waals surface area contributed by atoms with Gasteiger partial charge in [-0.15, -0.1) is 0 Å². The maximum atomic E-state index is 12.7. The van der Waals surface area contributed by atoms with Crippen LogP contribution in [0.1, 0.15) is 39.0 Å². The van der Waals surface area contributed by atoms with E-state index in [2.05, 4.69) is 12.2 Å². The molecule has 1 N–H and O–H groups in total. The summed E-state index contributed by atoms with van der Waals surface area (Å²) in [5.41, 5.74) is 5.85. The molecule has 1 saturated heterocycles. The molecule has 4 heteroatoms. The number of aryl methyl sites for hydroxylation is 4. The predicted molar refractivity (Wildman–Crippen MR) is 100 cm³/mol. The predicted octanol–water partition coefficient (Wildman–Crippen LogP) is 3.46. The second-order valence-electron chi connectivity index (χ2n) is 6.89. The van der Waals surface area contributed by atoms with Crippen molar-refractivity contribution < 1.29 is 9.59 Å². The molecular weight excluding hydrogens is 312 g/mol. The topological polar surface area (TPSA) is 49.4 Å². The van der Waals surface area contributed by atoms with E-state index in [9.17, 15) is 9.59 Å². The summed E-state index contributed by atoms with van der Waals surface area (Å²) in [6.45, 7) is 8.58. The average Bonchev–Trinajstić information content (AvgIpc) is 2.93. The number of carbonyl (C=O) groups excluding carboxylic acids is 2. The van der Waals surface area contributed by atoms with E-state index >= 15 is 0 Å². The molecule has 1 aliphatic rings. The van der Waals surface area contributed by atoms with Gasteiger partial charge in [-0.1, -0.05) is 23.8 Å². The molecule has 1 atom stereocenters. The minimum Gasteiger partial charge on any atom is -0.340 e. The zero-order chi connectivity index (χ0) is 18.1. The number of hydrogen-bond donors (Lipinski definition) is 1. The van der Waals surface area contributed by atoms with Crippen LogP contribution in [0.4, 0.5) is 5.69 Å². The fraction of sp³-hybridized carbons (Fsp3) is 0.333. The van der Waals surface area contributed by atoms with E-state index in [0.29, 0.717) is 18.5 Å². The molecule has 0 radical (unpaired) electrons. The van der Waals surface area contributed by atoms with Crippen LogP contribution in [0.2, 0.25) is 0 Å². The highest BCUT2D eigenvalue weighted by Crippen LogP contribution is 2.24. The van der Waals surface area contributed by atoms with Crippen LogP contribution in [-0.2, 0) is 4.79 Å². The number of nitrogens with one attached hydrogen (secondary N) is 1. The van der Waals surface area contributed by atoms with Crippen LogP contribution in [0.15, 0.2) is 36.4 Å². The first-order valence-electron chi connectivity index (χ1n) is 8.63. The van der Waals surface area contributed by atoms with Crippen LogP contribution in [0.25, 0.3) is 0 Å².